The van der Waals surface area contributed by atoms with Crippen LogP contribution in [0.15, 0.2) is 103 Å². The minimum atomic E-state index is -0.357. The Bertz CT molecular complexity index is 1980. The fourth-order valence-corrected chi connectivity index (χ4v) is 6.04. The molecule has 1 aliphatic rings. The number of aryl methyl sites for hydroxylation is 1. The molecule has 0 bridgehead atoms. The lowest BCUT2D eigenvalue weighted by atomic mass is 10.1. The molecule has 52 heavy (non-hydrogen) atoms. The van der Waals surface area contributed by atoms with Crippen LogP contribution in [0, 0.1) is 18.6 Å². The SMILES string of the molecule is Cc1cc(C=CC(=O)N2CCN(Cc3ccc(COc4ccc(F)cc4)c(F)c3)CC2)cc(Cl)c1Oc1ccc(OCc2ccccc2Cl)cn1.Cl. The van der Waals surface area contributed by atoms with Crippen LogP contribution in [0.5, 0.6) is 23.1 Å². The van der Waals surface area contributed by atoms with Crippen molar-refractivity contribution in [3.05, 3.63) is 153 Å². The van der Waals surface area contributed by atoms with Gasteiger partial charge in [0, 0.05) is 61.0 Å². The third kappa shape index (κ3) is 10.4. The maximum Gasteiger partial charge on any atom is 0.246 e. The van der Waals surface area contributed by atoms with Gasteiger partial charge >= 0.3 is 0 Å². The molecule has 6 rings (SSSR count). The summed E-state index contributed by atoms with van der Waals surface area (Å²) in [6, 6.07) is 25.3. The highest BCUT2D eigenvalue weighted by molar-refractivity contribution is 6.32. The van der Waals surface area contributed by atoms with Crippen LogP contribution < -0.4 is 14.2 Å². The Morgan fingerprint density at radius 2 is 1.54 bits per heavy atom. The molecule has 0 saturated carbocycles. The van der Waals surface area contributed by atoms with Crippen molar-refractivity contribution in [2.24, 2.45) is 0 Å². The van der Waals surface area contributed by atoms with E-state index in [9.17, 15) is 13.6 Å². The zero-order valence-electron chi connectivity index (χ0n) is 28.2. The summed E-state index contributed by atoms with van der Waals surface area (Å²) in [5.74, 6) is 1.07. The van der Waals surface area contributed by atoms with Crippen molar-refractivity contribution in [2.45, 2.75) is 26.7 Å². The van der Waals surface area contributed by atoms with E-state index in [0.717, 1.165) is 22.3 Å². The van der Waals surface area contributed by atoms with Crippen LogP contribution in [-0.4, -0.2) is 46.9 Å². The highest BCUT2D eigenvalue weighted by Crippen LogP contribution is 2.34. The van der Waals surface area contributed by atoms with Crippen LogP contribution in [0.1, 0.15) is 27.8 Å². The maximum absolute atomic E-state index is 14.8. The summed E-state index contributed by atoms with van der Waals surface area (Å²) in [4.78, 5) is 21.3. The average molecular weight is 767 g/mol. The van der Waals surface area contributed by atoms with Crippen molar-refractivity contribution >= 4 is 47.6 Å². The highest BCUT2D eigenvalue weighted by Gasteiger charge is 2.20. The van der Waals surface area contributed by atoms with Crippen molar-refractivity contribution in [1.82, 2.24) is 14.8 Å². The predicted octanol–water partition coefficient (Wildman–Crippen LogP) is 9.70. The molecular weight excluding hydrogens is 731 g/mol. The van der Waals surface area contributed by atoms with E-state index < -0.39 is 0 Å². The van der Waals surface area contributed by atoms with E-state index >= 15 is 0 Å². The Morgan fingerprint density at radius 1 is 0.827 bits per heavy atom. The number of halogens is 5. The molecule has 2 heterocycles. The first-order valence-corrected chi connectivity index (χ1v) is 17.1. The van der Waals surface area contributed by atoms with Gasteiger partial charge in [-0.05, 0) is 84.3 Å². The van der Waals surface area contributed by atoms with E-state index in [0.29, 0.717) is 78.1 Å². The number of pyridine rings is 1. The van der Waals surface area contributed by atoms with Gasteiger partial charge in [-0.3, -0.25) is 9.69 Å². The lowest BCUT2D eigenvalue weighted by molar-refractivity contribution is -0.127. The number of aromatic nitrogens is 1. The van der Waals surface area contributed by atoms with Gasteiger partial charge in [0.2, 0.25) is 11.8 Å². The average Bonchev–Trinajstić information content (AvgIpc) is 3.13. The van der Waals surface area contributed by atoms with E-state index in [4.69, 9.17) is 37.4 Å². The molecule has 0 aliphatic carbocycles. The molecule has 0 radical (unpaired) electrons. The van der Waals surface area contributed by atoms with Gasteiger partial charge in [-0.2, -0.15) is 0 Å². The molecule has 270 valence electrons. The molecule has 7 nitrogen and oxygen atoms in total. The number of piperazine rings is 1. The van der Waals surface area contributed by atoms with Gasteiger partial charge in [0.1, 0.15) is 36.3 Å². The van der Waals surface area contributed by atoms with Crippen LogP contribution in [0.25, 0.3) is 6.08 Å². The van der Waals surface area contributed by atoms with Gasteiger partial charge in [0.15, 0.2) is 5.75 Å². The largest absolute Gasteiger partial charge is 0.489 e. The first-order chi connectivity index (χ1) is 24.7. The number of carbonyl (C=O) groups is 1. The summed E-state index contributed by atoms with van der Waals surface area (Å²) in [5, 5.41) is 1.03. The zero-order chi connectivity index (χ0) is 35.7. The summed E-state index contributed by atoms with van der Waals surface area (Å²) in [6.07, 6.45) is 4.86. The van der Waals surface area contributed by atoms with Gasteiger partial charge in [0.05, 0.1) is 11.2 Å². The Hall–Kier alpha value is -4.67. The van der Waals surface area contributed by atoms with Crippen LogP contribution in [-0.2, 0) is 24.6 Å². The number of nitrogens with zero attached hydrogens (tertiary/aromatic N) is 3. The molecule has 0 spiro atoms. The summed E-state index contributed by atoms with van der Waals surface area (Å²) < 4.78 is 45.2. The van der Waals surface area contributed by atoms with Crippen LogP contribution in [0.3, 0.4) is 0 Å². The quantitative estimate of drug-likeness (QED) is 0.118. The number of hydrogen-bond acceptors (Lipinski definition) is 6. The first-order valence-electron chi connectivity index (χ1n) is 16.4. The predicted molar refractivity (Wildman–Crippen MR) is 202 cm³/mol. The maximum atomic E-state index is 14.8. The molecule has 0 atom stereocenters. The highest BCUT2D eigenvalue weighted by atomic mass is 35.5. The molecule has 4 aromatic carbocycles. The fraction of sp³-hybridized carbons (Fsp3) is 0.200. The minimum Gasteiger partial charge on any atom is -0.489 e. The second kappa shape index (κ2) is 18.2. The van der Waals surface area contributed by atoms with Gasteiger partial charge in [-0.25, -0.2) is 13.8 Å². The monoisotopic (exact) mass is 765 g/mol. The minimum absolute atomic E-state index is 0. The third-order valence-corrected chi connectivity index (χ3v) is 9.00. The number of benzene rings is 4. The molecule has 1 aliphatic heterocycles. The van der Waals surface area contributed by atoms with E-state index in [2.05, 4.69) is 9.88 Å². The number of rotatable bonds is 12. The van der Waals surface area contributed by atoms with E-state index in [1.165, 1.54) is 30.3 Å². The third-order valence-electron chi connectivity index (χ3n) is 8.35. The molecule has 1 fully saturated rings. The van der Waals surface area contributed by atoms with Gasteiger partial charge in [-0.15, -0.1) is 12.4 Å². The molecule has 5 aromatic rings. The lowest BCUT2D eigenvalue weighted by Crippen LogP contribution is -2.47. The number of hydrogen-bond donors (Lipinski definition) is 0. The van der Waals surface area contributed by atoms with Crippen LogP contribution in [0.2, 0.25) is 10.0 Å². The Kier molecular flexibility index (Phi) is 13.5. The van der Waals surface area contributed by atoms with E-state index in [1.54, 1.807) is 47.5 Å². The van der Waals surface area contributed by atoms with Gasteiger partial charge < -0.3 is 19.1 Å². The second-order valence-electron chi connectivity index (χ2n) is 12.1. The van der Waals surface area contributed by atoms with Crippen molar-refractivity contribution in [1.29, 1.82) is 0 Å². The lowest BCUT2D eigenvalue weighted by Gasteiger charge is -2.34. The van der Waals surface area contributed by atoms with E-state index in [-0.39, 0.29) is 36.6 Å². The Balaban J connectivity index is 0.00000523. The normalized spacial score (nSPS) is 13.1. The molecule has 1 saturated heterocycles. The molecule has 12 heteroatoms. The van der Waals surface area contributed by atoms with Crippen molar-refractivity contribution in [3.8, 4) is 23.1 Å². The number of carbonyl (C=O) groups excluding carboxylic acids is 1. The van der Waals surface area contributed by atoms with Crippen molar-refractivity contribution in [2.75, 3.05) is 26.2 Å². The molecular formula is C40H36Cl3F2N3O4. The smallest absolute Gasteiger partial charge is 0.246 e. The van der Waals surface area contributed by atoms with Crippen molar-refractivity contribution < 1.29 is 27.8 Å². The van der Waals surface area contributed by atoms with Gasteiger partial charge in [0.25, 0.3) is 0 Å². The zero-order valence-corrected chi connectivity index (χ0v) is 30.6. The van der Waals surface area contributed by atoms with E-state index in [1.807, 2.05) is 43.3 Å². The summed E-state index contributed by atoms with van der Waals surface area (Å²) in [5.41, 5.74) is 3.68. The Morgan fingerprint density at radius 3 is 2.23 bits per heavy atom. The Labute approximate surface area is 317 Å². The molecule has 1 aromatic heterocycles. The fourth-order valence-electron chi connectivity index (χ4n) is 5.53. The number of ether oxygens (including phenoxy) is 3. The summed E-state index contributed by atoms with van der Waals surface area (Å²) in [6.45, 7) is 5.24. The second-order valence-corrected chi connectivity index (χ2v) is 12.9. The van der Waals surface area contributed by atoms with Gasteiger partial charge in [-0.1, -0.05) is 53.5 Å². The standard InChI is InChI=1S/C40H35Cl2F2N3O4.ClH/c1-27-20-28(21-36(42)40(27)51-38-14-13-34(23-45-38)50-25-30-4-2-3-5-35(30)41)7-15-39(48)47-18-16-46(17-19-47)24-29-6-8-31(37(44)22-29)26-49-33-11-9-32(43)10-12-33;/h2-15,20-23H,16-19,24-26H2,1H3;1H. The molecule has 1 amide bonds. The van der Waals surface area contributed by atoms with Crippen LogP contribution in [0.4, 0.5) is 8.78 Å². The summed E-state index contributed by atoms with van der Waals surface area (Å²) >= 11 is 12.8. The first kappa shape index (κ1) is 38.6. The summed E-state index contributed by atoms with van der Waals surface area (Å²) in [7, 11) is 0. The molecule has 0 N–H and O–H groups in total. The van der Waals surface area contributed by atoms with Crippen LogP contribution >= 0.6 is 35.6 Å². The number of amides is 1. The van der Waals surface area contributed by atoms with Crippen molar-refractivity contribution in [3.63, 3.8) is 0 Å². The molecule has 0 unspecified atom stereocenters. The topological polar surface area (TPSA) is 64.1 Å².